The van der Waals surface area contributed by atoms with Crippen LogP contribution in [0.3, 0.4) is 0 Å². The summed E-state index contributed by atoms with van der Waals surface area (Å²) in [6, 6.07) is 0. The fraction of sp³-hybridized carbons (Fsp3) is 0.875. The first-order valence-electron chi connectivity index (χ1n) is 4.10. The molecule has 0 aliphatic rings. The maximum atomic E-state index is 4.17. The third-order valence-corrected chi connectivity index (χ3v) is 1.16. The van der Waals surface area contributed by atoms with Crippen LogP contribution in [0, 0.1) is 0 Å². The lowest BCUT2D eigenvalue weighted by Crippen LogP contribution is -2.18. The van der Waals surface area contributed by atoms with Gasteiger partial charge in [-0.25, -0.2) is 0 Å². The lowest BCUT2D eigenvalue weighted by Gasteiger charge is -1.97. The zero-order chi connectivity index (χ0) is 7.66. The van der Waals surface area contributed by atoms with Gasteiger partial charge in [0.25, 0.3) is 0 Å². The quantitative estimate of drug-likeness (QED) is 0.441. The van der Waals surface area contributed by atoms with Crippen molar-refractivity contribution in [3.8, 4) is 0 Å². The Morgan fingerprint density at radius 2 is 2.10 bits per heavy atom. The predicted molar refractivity (Wildman–Crippen MR) is 46.8 cm³/mol. The van der Waals surface area contributed by atoms with E-state index in [-0.39, 0.29) is 0 Å². The SMILES string of the molecule is CCC=NCCNCCC. The molecule has 0 saturated heterocycles. The predicted octanol–water partition coefficient (Wildman–Crippen LogP) is 1.47. The number of hydrogen-bond acceptors (Lipinski definition) is 2. The normalized spacial score (nSPS) is 11.0. The van der Waals surface area contributed by atoms with Crippen molar-refractivity contribution in [1.29, 1.82) is 0 Å². The van der Waals surface area contributed by atoms with Gasteiger partial charge in [0.1, 0.15) is 0 Å². The molecule has 0 heterocycles. The van der Waals surface area contributed by atoms with Crippen LogP contribution < -0.4 is 5.32 Å². The number of nitrogens with zero attached hydrogens (tertiary/aromatic N) is 1. The summed E-state index contributed by atoms with van der Waals surface area (Å²) in [5.74, 6) is 0. The second-order valence-corrected chi connectivity index (χ2v) is 2.25. The minimum Gasteiger partial charge on any atom is -0.315 e. The Hall–Kier alpha value is -0.370. The molecule has 0 amide bonds. The molecule has 0 rings (SSSR count). The van der Waals surface area contributed by atoms with E-state index in [1.807, 2.05) is 6.21 Å². The Morgan fingerprint density at radius 3 is 2.70 bits per heavy atom. The summed E-state index contributed by atoms with van der Waals surface area (Å²) in [6.07, 6.45) is 4.22. The molecule has 0 spiro atoms. The molecule has 0 unspecified atom stereocenters. The Labute approximate surface area is 63.7 Å². The molecule has 0 aromatic carbocycles. The molecule has 0 bridgehead atoms. The van der Waals surface area contributed by atoms with E-state index in [9.17, 15) is 0 Å². The van der Waals surface area contributed by atoms with Crippen LogP contribution in [-0.2, 0) is 0 Å². The second kappa shape index (κ2) is 8.63. The van der Waals surface area contributed by atoms with Crippen LogP contribution in [0.5, 0.6) is 0 Å². The summed E-state index contributed by atoms with van der Waals surface area (Å²) in [5, 5.41) is 3.28. The monoisotopic (exact) mass is 142 g/mol. The Kier molecular flexibility index (Phi) is 8.31. The Bertz CT molecular complexity index is 79.3. The lowest BCUT2D eigenvalue weighted by atomic mass is 10.5. The summed E-state index contributed by atoms with van der Waals surface area (Å²) in [4.78, 5) is 4.17. The lowest BCUT2D eigenvalue weighted by molar-refractivity contribution is 0.679. The summed E-state index contributed by atoms with van der Waals surface area (Å²) >= 11 is 0. The maximum absolute atomic E-state index is 4.17. The minimum absolute atomic E-state index is 0.924. The van der Waals surface area contributed by atoms with Crippen LogP contribution >= 0.6 is 0 Å². The molecule has 0 aromatic heterocycles. The average Bonchev–Trinajstić information content (AvgIpc) is 1.97. The Balaban J connectivity index is 2.83. The first-order chi connectivity index (χ1) is 4.91. The van der Waals surface area contributed by atoms with Gasteiger partial charge in [-0.1, -0.05) is 13.8 Å². The van der Waals surface area contributed by atoms with Crippen molar-refractivity contribution >= 4 is 6.21 Å². The minimum atomic E-state index is 0.924. The van der Waals surface area contributed by atoms with Crippen molar-refractivity contribution < 1.29 is 0 Å². The maximum Gasteiger partial charge on any atom is 0.0510 e. The molecule has 0 fully saturated rings. The summed E-state index contributed by atoms with van der Waals surface area (Å²) in [7, 11) is 0. The zero-order valence-corrected chi connectivity index (χ0v) is 7.06. The van der Waals surface area contributed by atoms with E-state index in [1.54, 1.807) is 0 Å². The standard InChI is InChI=1S/C8H18N2/c1-3-5-9-7-8-10-6-4-2/h5,10H,3-4,6-8H2,1-2H3. The number of hydrogen-bond donors (Lipinski definition) is 1. The largest absolute Gasteiger partial charge is 0.315 e. The highest BCUT2D eigenvalue weighted by atomic mass is 14.9. The molecule has 0 aromatic rings. The summed E-state index contributed by atoms with van der Waals surface area (Å²) < 4.78 is 0. The van der Waals surface area contributed by atoms with Crippen molar-refractivity contribution in [3.05, 3.63) is 0 Å². The Morgan fingerprint density at radius 1 is 1.30 bits per heavy atom. The van der Waals surface area contributed by atoms with Gasteiger partial charge in [0.2, 0.25) is 0 Å². The second-order valence-electron chi connectivity index (χ2n) is 2.25. The third-order valence-electron chi connectivity index (χ3n) is 1.16. The fourth-order valence-electron chi connectivity index (χ4n) is 0.666. The molecule has 0 saturated carbocycles. The van der Waals surface area contributed by atoms with Gasteiger partial charge in [-0.3, -0.25) is 4.99 Å². The molecular weight excluding hydrogens is 124 g/mol. The molecule has 0 aliphatic heterocycles. The van der Waals surface area contributed by atoms with E-state index in [0.717, 1.165) is 26.1 Å². The van der Waals surface area contributed by atoms with Crippen LogP contribution in [0.25, 0.3) is 0 Å². The van der Waals surface area contributed by atoms with E-state index >= 15 is 0 Å². The van der Waals surface area contributed by atoms with Crippen LogP contribution in [0.1, 0.15) is 26.7 Å². The molecule has 2 nitrogen and oxygen atoms in total. The van der Waals surface area contributed by atoms with E-state index in [0.29, 0.717) is 0 Å². The van der Waals surface area contributed by atoms with Gasteiger partial charge in [-0.05, 0) is 25.6 Å². The first kappa shape index (κ1) is 9.63. The molecule has 2 heteroatoms. The number of rotatable bonds is 6. The van der Waals surface area contributed by atoms with Gasteiger partial charge >= 0.3 is 0 Å². The fourth-order valence-corrected chi connectivity index (χ4v) is 0.666. The first-order valence-corrected chi connectivity index (χ1v) is 4.10. The third kappa shape index (κ3) is 7.63. The summed E-state index contributed by atoms with van der Waals surface area (Å²) in [6.45, 7) is 7.32. The smallest absolute Gasteiger partial charge is 0.0510 e. The van der Waals surface area contributed by atoms with E-state index in [4.69, 9.17) is 0 Å². The summed E-state index contributed by atoms with van der Waals surface area (Å²) in [5.41, 5.74) is 0. The molecule has 1 N–H and O–H groups in total. The topological polar surface area (TPSA) is 24.4 Å². The van der Waals surface area contributed by atoms with Crippen LogP contribution in [0.15, 0.2) is 4.99 Å². The molecule has 60 valence electrons. The molecule has 0 aliphatic carbocycles. The van der Waals surface area contributed by atoms with Crippen LogP contribution in [-0.4, -0.2) is 25.8 Å². The van der Waals surface area contributed by atoms with Crippen molar-refractivity contribution in [2.45, 2.75) is 26.7 Å². The van der Waals surface area contributed by atoms with Crippen molar-refractivity contribution in [2.24, 2.45) is 4.99 Å². The van der Waals surface area contributed by atoms with Gasteiger partial charge in [-0.15, -0.1) is 0 Å². The van der Waals surface area contributed by atoms with Crippen molar-refractivity contribution in [2.75, 3.05) is 19.6 Å². The number of aliphatic imine (C=N–C) groups is 1. The molecule has 0 radical (unpaired) electrons. The van der Waals surface area contributed by atoms with Gasteiger partial charge in [0, 0.05) is 6.54 Å². The van der Waals surface area contributed by atoms with Crippen LogP contribution in [0.2, 0.25) is 0 Å². The highest BCUT2D eigenvalue weighted by molar-refractivity contribution is 5.56. The van der Waals surface area contributed by atoms with E-state index in [2.05, 4.69) is 24.2 Å². The highest BCUT2D eigenvalue weighted by Crippen LogP contribution is 1.72. The average molecular weight is 142 g/mol. The van der Waals surface area contributed by atoms with E-state index in [1.165, 1.54) is 6.42 Å². The van der Waals surface area contributed by atoms with Crippen LogP contribution in [0.4, 0.5) is 0 Å². The highest BCUT2D eigenvalue weighted by Gasteiger charge is 1.80. The molecule has 0 atom stereocenters. The van der Waals surface area contributed by atoms with E-state index < -0.39 is 0 Å². The van der Waals surface area contributed by atoms with Crippen molar-refractivity contribution in [1.82, 2.24) is 5.32 Å². The molecule has 10 heavy (non-hydrogen) atoms. The van der Waals surface area contributed by atoms with Gasteiger partial charge < -0.3 is 5.32 Å². The molecular formula is C8H18N2. The van der Waals surface area contributed by atoms with Crippen molar-refractivity contribution in [3.63, 3.8) is 0 Å². The van der Waals surface area contributed by atoms with Gasteiger partial charge in [0.15, 0.2) is 0 Å². The number of nitrogens with one attached hydrogen (secondary N) is 1. The zero-order valence-electron chi connectivity index (χ0n) is 7.06. The van der Waals surface area contributed by atoms with Gasteiger partial charge in [0.05, 0.1) is 6.54 Å². The van der Waals surface area contributed by atoms with Gasteiger partial charge in [-0.2, -0.15) is 0 Å².